The van der Waals surface area contributed by atoms with Crippen LogP contribution in [0.4, 0.5) is 5.69 Å². The minimum Gasteiger partial charge on any atom is -0.463 e. The third-order valence-electron chi connectivity index (χ3n) is 2.41. The molecule has 2 N–H and O–H groups in total. The average Bonchev–Trinajstić information content (AvgIpc) is 2.53. The first-order valence-corrected chi connectivity index (χ1v) is 6.74. The van der Waals surface area contributed by atoms with E-state index in [9.17, 15) is 4.79 Å². The van der Waals surface area contributed by atoms with Gasteiger partial charge in [-0.3, -0.25) is 9.48 Å². The zero-order valence-electron chi connectivity index (χ0n) is 10.5. The summed E-state index contributed by atoms with van der Waals surface area (Å²) in [5, 5.41) is 4.18. The summed E-state index contributed by atoms with van der Waals surface area (Å²) >= 11 is 1.75. The smallest absolute Gasteiger partial charge is 0.327 e. The molecule has 0 aliphatic rings. The number of nitrogens with two attached hydrogens (primary N) is 1. The molecule has 0 aliphatic carbocycles. The van der Waals surface area contributed by atoms with E-state index < -0.39 is 0 Å². The normalized spacial score (nSPS) is 10.5. The van der Waals surface area contributed by atoms with Gasteiger partial charge in [-0.15, -0.1) is 0 Å². The minimum atomic E-state index is -0.271. The number of ether oxygens (including phenoxy) is 1. The molecule has 0 spiro atoms. The second-order valence-electron chi connectivity index (χ2n) is 3.66. The van der Waals surface area contributed by atoms with Gasteiger partial charge in [0, 0.05) is 5.75 Å². The fourth-order valence-corrected chi connectivity index (χ4v) is 1.88. The molecule has 0 saturated heterocycles. The molecule has 6 heteroatoms. The van der Waals surface area contributed by atoms with Crippen LogP contribution in [0, 0.1) is 13.8 Å². The highest BCUT2D eigenvalue weighted by Crippen LogP contribution is 2.14. The SMILES string of the molecule is CCSCCOC(=O)Cn1nc(C)c(N)c1C. The largest absolute Gasteiger partial charge is 0.463 e. The monoisotopic (exact) mass is 257 g/mol. The van der Waals surface area contributed by atoms with Crippen molar-refractivity contribution in [2.45, 2.75) is 27.3 Å². The van der Waals surface area contributed by atoms with Gasteiger partial charge in [-0.25, -0.2) is 0 Å². The molecule has 1 aromatic heterocycles. The first kappa shape index (κ1) is 13.9. The lowest BCUT2D eigenvalue weighted by Crippen LogP contribution is -2.17. The second-order valence-corrected chi connectivity index (χ2v) is 5.05. The van der Waals surface area contributed by atoms with Crippen molar-refractivity contribution in [2.75, 3.05) is 23.8 Å². The molecule has 0 fully saturated rings. The summed E-state index contributed by atoms with van der Waals surface area (Å²) in [5.74, 6) is 1.60. The lowest BCUT2D eigenvalue weighted by molar-refractivity contribution is -0.143. The Morgan fingerprint density at radius 3 is 2.76 bits per heavy atom. The van der Waals surface area contributed by atoms with E-state index in [1.54, 1.807) is 16.4 Å². The number of aromatic nitrogens is 2. The van der Waals surface area contributed by atoms with Gasteiger partial charge in [0.15, 0.2) is 0 Å². The molecule has 1 heterocycles. The number of anilines is 1. The molecule has 0 bridgehead atoms. The van der Waals surface area contributed by atoms with Gasteiger partial charge in [0.05, 0.1) is 17.1 Å². The van der Waals surface area contributed by atoms with Crippen molar-refractivity contribution < 1.29 is 9.53 Å². The van der Waals surface area contributed by atoms with E-state index in [0.29, 0.717) is 12.3 Å². The third kappa shape index (κ3) is 3.96. The van der Waals surface area contributed by atoms with E-state index in [4.69, 9.17) is 10.5 Å². The van der Waals surface area contributed by atoms with E-state index >= 15 is 0 Å². The zero-order chi connectivity index (χ0) is 12.8. The number of rotatable bonds is 6. The lowest BCUT2D eigenvalue weighted by Gasteiger charge is -2.05. The fourth-order valence-electron chi connectivity index (χ4n) is 1.39. The van der Waals surface area contributed by atoms with Crippen molar-refractivity contribution in [1.29, 1.82) is 0 Å². The summed E-state index contributed by atoms with van der Waals surface area (Å²) in [7, 11) is 0. The fraction of sp³-hybridized carbons (Fsp3) is 0.636. The summed E-state index contributed by atoms with van der Waals surface area (Å²) < 4.78 is 6.67. The van der Waals surface area contributed by atoms with E-state index in [-0.39, 0.29) is 12.5 Å². The molecule has 17 heavy (non-hydrogen) atoms. The maximum absolute atomic E-state index is 11.5. The van der Waals surface area contributed by atoms with Gasteiger partial charge in [-0.05, 0) is 19.6 Å². The molecule has 0 aliphatic heterocycles. The standard InChI is InChI=1S/C11H19N3O2S/c1-4-17-6-5-16-10(15)7-14-9(3)11(12)8(2)13-14/h4-7,12H2,1-3H3. The van der Waals surface area contributed by atoms with Crippen LogP contribution in [0.1, 0.15) is 18.3 Å². The number of nitrogen functional groups attached to an aromatic ring is 1. The summed E-state index contributed by atoms with van der Waals surface area (Å²) in [6, 6.07) is 0. The predicted molar refractivity (Wildman–Crippen MR) is 70.1 cm³/mol. The topological polar surface area (TPSA) is 70.1 Å². The quantitative estimate of drug-likeness (QED) is 0.616. The molecule has 1 rings (SSSR count). The van der Waals surface area contributed by atoms with E-state index in [1.165, 1.54) is 0 Å². The molecular weight excluding hydrogens is 238 g/mol. The maximum Gasteiger partial charge on any atom is 0.327 e. The van der Waals surface area contributed by atoms with Crippen LogP contribution in [0.25, 0.3) is 0 Å². The third-order valence-corrected chi connectivity index (χ3v) is 3.27. The van der Waals surface area contributed by atoms with Crippen LogP contribution in [-0.4, -0.2) is 33.9 Å². The van der Waals surface area contributed by atoms with Gasteiger partial charge in [0.25, 0.3) is 0 Å². The number of hydrogen-bond acceptors (Lipinski definition) is 5. The first-order valence-electron chi connectivity index (χ1n) is 5.59. The van der Waals surface area contributed by atoms with Gasteiger partial charge in [-0.2, -0.15) is 16.9 Å². The van der Waals surface area contributed by atoms with Crippen LogP contribution in [0.15, 0.2) is 0 Å². The summed E-state index contributed by atoms with van der Waals surface area (Å²) in [5.41, 5.74) is 7.97. The molecule has 0 amide bonds. The number of nitrogens with zero attached hydrogens (tertiary/aromatic N) is 2. The predicted octanol–water partition coefficient (Wildman–Crippen LogP) is 1.38. The Kier molecular flexibility index (Phi) is 5.34. The van der Waals surface area contributed by atoms with Crippen molar-refractivity contribution in [3.8, 4) is 0 Å². The molecular formula is C11H19N3O2S. The summed E-state index contributed by atoms with van der Waals surface area (Å²) in [6.07, 6.45) is 0. The van der Waals surface area contributed by atoms with Crippen LogP contribution in [0.5, 0.6) is 0 Å². The van der Waals surface area contributed by atoms with Gasteiger partial charge in [0.1, 0.15) is 13.2 Å². The number of carbonyl (C=O) groups excluding carboxylic acids is 1. The Morgan fingerprint density at radius 1 is 1.53 bits per heavy atom. The van der Waals surface area contributed by atoms with Crippen molar-refractivity contribution in [1.82, 2.24) is 9.78 Å². The number of carbonyl (C=O) groups is 1. The second kappa shape index (κ2) is 6.54. The van der Waals surface area contributed by atoms with Gasteiger partial charge in [0.2, 0.25) is 0 Å². The molecule has 96 valence electrons. The van der Waals surface area contributed by atoms with Gasteiger partial charge < -0.3 is 10.5 Å². The Labute approximate surface area is 106 Å². The molecule has 1 aromatic rings. The van der Waals surface area contributed by atoms with Crippen molar-refractivity contribution in [2.24, 2.45) is 0 Å². The van der Waals surface area contributed by atoms with Gasteiger partial charge >= 0.3 is 5.97 Å². The molecule has 0 radical (unpaired) electrons. The van der Waals surface area contributed by atoms with E-state index in [0.717, 1.165) is 22.9 Å². The Morgan fingerprint density at radius 2 is 2.24 bits per heavy atom. The van der Waals surface area contributed by atoms with Gasteiger partial charge in [-0.1, -0.05) is 6.92 Å². The number of thioether (sulfide) groups is 1. The van der Waals surface area contributed by atoms with Crippen LogP contribution in [-0.2, 0) is 16.1 Å². The van der Waals surface area contributed by atoms with Crippen LogP contribution in [0.2, 0.25) is 0 Å². The average molecular weight is 257 g/mol. The highest BCUT2D eigenvalue weighted by atomic mass is 32.2. The molecule has 0 unspecified atom stereocenters. The molecule has 0 atom stereocenters. The Balaban J connectivity index is 2.42. The lowest BCUT2D eigenvalue weighted by atomic mass is 10.3. The van der Waals surface area contributed by atoms with E-state index in [2.05, 4.69) is 12.0 Å². The number of aryl methyl sites for hydroxylation is 1. The van der Waals surface area contributed by atoms with Crippen molar-refractivity contribution >= 4 is 23.4 Å². The van der Waals surface area contributed by atoms with Crippen LogP contribution < -0.4 is 5.73 Å². The zero-order valence-corrected chi connectivity index (χ0v) is 11.3. The van der Waals surface area contributed by atoms with Crippen LogP contribution >= 0.6 is 11.8 Å². The summed E-state index contributed by atoms with van der Waals surface area (Å²) in [4.78, 5) is 11.5. The van der Waals surface area contributed by atoms with Crippen LogP contribution in [0.3, 0.4) is 0 Å². The van der Waals surface area contributed by atoms with Crippen molar-refractivity contribution in [3.63, 3.8) is 0 Å². The van der Waals surface area contributed by atoms with E-state index in [1.807, 2.05) is 13.8 Å². The Bertz CT molecular complexity index is 390. The Hall–Kier alpha value is -1.17. The highest BCUT2D eigenvalue weighted by Gasteiger charge is 2.11. The minimum absolute atomic E-state index is 0.126. The molecule has 5 nitrogen and oxygen atoms in total. The molecule has 0 saturated carbocycles. The van der Waals surface area contributed by atoms with Crippen molar-refractivity contribution in [3.05, 3.63) is 11.4 Å². The highest BCUT2D eigenvalue weighted by molar-refractivity contribution is 7.99. The summed E-state index contributed by atoms with van der Waals surface area (Å²) in [6.45, 7) is 6.32. The number of esters is 1. The molecule has 0 aromatic carbocycles. The number of hydrogen-bond donors (Lipinski definition) is 1. The maximum atomic E-state index is 11.5. The first-order chi connectivity index (χ1) is 8.06.